The molecule has 0 saturated carbocycles. The third-order valence-corrected chi connectivity index (χ3v) is 8.76. The van der Waals surface area contributed by atoms with Crippen molar-refractivity contribution >= 4 is 11.3 Å². The van der Waals surface area contributed by atoms with E-state index < -0.39 is 0 Å². The smallest absolute Gasteiger partial charge is 0.0396 e. The van der Waals surface area contributed by atoms with Gasteiger partial charge in [0, 0.05) is 26.3 Å². The van der Waals surface area contributed by atoms with Crippen LogP contribution in [0.2, 0.25) is 0 Å². The van der Waals surface area contributed by atoms with Gasteiger partial charge in [-0.25, -0.2) is 0 Å². The molecule has 0 unspecified atom stereocenters. The fourth-order valence-corrected chi connectivity index (χ4v) is 5.12. The summed E-state index contributed by atoms with van der Waals surface area (Å²) in [5.74, 6) is 6.99. The van der Waals surface area contributed by atoms with Gasteiger partial charge < -0.3 is 0 Å². The molecule has 0 N–H and O–H groups in total. The van der Waals surface area contributed by atoms with Crippen LogP contribution in [0.4, 0.5) is 0 Å². The van der Waals surface area contributed by atoms with Crippen LogP contribution in [-0.2, 0) is 17.3 Å². The van der Waals surface area contributed by atoms with Gasteiger partial charge in [-0.15, -0.1) is 11.3 Å². The summed E-state index contributed by atoms with van der Waals surface area (Å²) < 4.78 is 0. The van der Waals surface area contributed by atoms with Crippen LogP contribution in [0.15, 0.2) is 30.3 Å². The number of rotatable bonds is 11. The van der Waals surface area contributed by atoms with E-state index >= 15 is 0 Å². The number of hydrogen-bond donors (Lipinski definition) is 0. The zero-order valence-electron chi connectivity index (χ0n) is 21.2. The first-order valence-electron chi connectivity index (χ1n) is 12.5. The van der Waals surface area contributed by atoms with Crippen molar-refractivity contribution in [3.05, 3.63) is 56.8 Å². The summed E-state index contributed by atoms with van der Waals surface area (Å²) in [4.78, 5) is 2.91. The van der Waals surface area contributed by atoms with Crippen LogP contribution in [-0.4, -0.2) is 0 Å². The molecule has 1 heterocycles. The highest BCUT2D eigenvalue weighted by atomic mass is 32.1. The molecule has 1 aromatic carbocycles. The van der Waals surface area contributed by atoms with E-state index in [2.05, 4.69) is 90.6 Å². The normalized spacial score (nSPS) is 12.0. The molecule has 31 heavy (non-hydrogen) atoms. The first-order valence-corrected chi connectivity index (χ1v) is 13.3. The minimum atomic E-state index is 0.164. The lowest BCUT2D eigenvalue weighted by Crippen LogP contribution is -2.15. The fraction of sp³-hybridized carbons (Fsp3) is 0.600. The maximum absolute atomic E-state index is 3.54. The second kappa shape index (κ2) is 11.9. The molecule has 2 aromatic rings. The lowest BCUT2D eigenvalue weighted by molar-refractivity contribution is 0.514. The van der Waals surface area contributed by atoms with E-state index in [0.29, 0.717) is 0 Å². The Labute approximate surface area is 196 Å². The van der Waals surface area contributed by atoms with E-state index in [1.165, 1.54) is 65.8 Å². The summed E-state index contributed by atoms with van der Waals surface area (Å²) in [7, 11) is 0. The molecule has 0 atom stereocenters. The molecule has 0 aliphatic carbocycles. The molecule has 0 nitrogen and oxygen atoms in total. The standard InChI is InChI=1S/C30H44S/c1-8-11-12-13-14-15-16-24-17-19-25(20-18-24)21-22-26-23-27(29(4,5)9-2)31-28(26)30(6,7)10-3/h17-20,23H,8-16H2,1-7H3. The molecule has 0 saturated heterocycles. The number of thiophene rings is 1. The molecular formula is C30H44S. The second-order valence-electron chi connectivity index (χ2n) is 10.3. The van der Waals surface area contributed by atoms with Crippen LogP contribution in [0, 0.1) is 11.8 Å². The third-order valence-electron chi connectivity index (χ3n) is 6.90. The van der Waals surface area contributed by atoms with Gasteiger partial charge in [0.15, 0.2) is 0 Å². The van der Waals surface area contributed by atoms with Crippen molar-refractivity contribution in [3.8, 4) is 11.8 Å². The SMILES string of the molecule is CCCCCCCCc1ccc(C#Cc2cc(C(C)(C)CC)sc2C(C)(C)CC)cc1. The Morgan fingerprint density at radius 1 is 0.742 bits per heavy atom. The predicted molar refractivity (Wildman–Crippen MR) is 140 cm³/mol. The molecule has 170 valence electrons. The van der Waals surface area contributed by atoms with Gasteiger partial charge in [0.25, 0.3) is 0 Å². The van der Waals surface area contributed by atoms with Crippen LogP contribution in [0.25, 0.3) is 0 Å². The molecule has 0 bridgehead atoms. The molecule has 1 aromatic heterocycles. The van der Waals surface area contributed by atoms with Gasteiger partial charge in [-0.05, 0) is 54.9 Å². The molecule has 0 amide bonds. The molecule has 1 heteroatoms. The Bertz CT molecular complexity index is 852. The topological polar surface area (TPSA) is 0 Å². The van der Waals surface area contributed by atoms with Gasteiger partial charge in [-0.2, -0.15) is 0 Å². The van der Waals surface area contributed by atoms with Gasteiger partial charge in [-0.1, -0.05) is 105 Å². The van der Waals surface area contributed by atoms with Crippen molar-refractivity contribution in [2.45, 2.75) is 117 Å². The average Bonchev–Trinajstić information content (AvgIpc) is 3.22. The van der Waals surface area contributed by atoms with Gasteiger partial charge in [-0.3, -0.25) is 0 Å². The van der Waals surface area contributed by atoms with E-state index in [1.807, 2.05) is 11.3 Å². The van der Waals surface area contributed by atoms with Crippen LogP contribution >= 0.6 is 11.3 Å². The second-order valence-corrected chi connectivity index (χ2v) is 11.3. The van der Waals surface area contributed by atoms with E-state index in [9.17, 15) is 0 Å². The zero-order valence-corrected chi connectivity index (χ0v) is 22.0. The lowest BCUT2D eigenvalue weighted by Gasteiger charge is -2.23. The lowest BCUT2D eigenvalue weighted by atomic mass is 9.85. The summed E-state index contributed by atoms with van der Waals surface area (Å²) >= 11 is 1.97. The van der Waals surface area contributed by atoms with Crippen molar-refractivity contribution in [2.75, 3.05) is 0 Å². The number of benzene rings is 1. The Balaban J connectivity index is 2.12. The number of unbranched alkanes of at least 4 members (excludes halogenated alkanes) is 5. The van der Waals surface area contributed by atoms with E-state index in [1.54, 1.807) is 0 Å². The highest BCUT2D eigenvalue weighted by Crippen LogP contribution is 2.41. The van der Waals surface area contributed by atoms with E-state index in [0.717, 1.165) is 18.4 Å². The maximum atomic E-state index is 3.54. The number of aryl methyl sites for hydroxylation is 1. The van der Waals surface area contributed by atoms with Crippen molar-refractivity contribution < 1.29 is 0 Å². The highest BCUT2D eigenvalue weighted by molar-refractivity contribution is 7.12. The van der Waals surface area contributed by atoms with E-state index in [4.69, 9.17) is 0 Å². The molecule has 0 fully saturated rings. The summed E-state index contributed by atoms with van der Waals surface area (Å²) in [6, 6.07) is 11.3. The van der Waals surface area contributed by atoms with Gasteiger partial charge in [0.2, 0.25) is 0 Å². The fourth-order valence-electron chi connectivity index (χ4n) is 3.66. The summed E-state index contributed by atoms with van der Waals surface area (Å²) in [5, 5.41) is 0. The quantitative estimate of drug-likeness (QED) is 0.243. The van der Waals surface area contributed by atoms with Crippen molar-refractivity contribution in [3.63, 3.8) is 0 Å². The number of hydrogen-bond acceptors (Lipinski definition) is 1. The molecule has 0 aliphatic heterocycles. The molecule has 0 aliphatic rings. The van der Waals surface area contributed by atoms with Crippen molar-refractivity contribution in [1.82, 2.24) is 0 Å². The summed E-state index contributed by atoms with van der Waals surface area (Å²) in [6.07, 6.45) is 11.6. The Kier molecular flexibility index (Phi) is 9.90. The first kappa shape index (κ1) is 25.7. The van der Waals surface area contributed by atoms with Crippen molar-refractivity contribution in [1.29, 1.82) is 0 Å². The highest BCUT2D eigenvalue weighted by Gasteiger charge is 2.28. The van der Waals surface area contributed by atoms with Crippen LogP contribution in [0.5, 0.6) is 0 Å². The minimum absolute atomic E-state index is 0.164. The Morgan fingerprint density at radius 3 is 1.97 bits per heavy atom. The molecular weight excluding hydrogens is 392 g/mol. The third kappa shape index (κ3) is 7.54. The molecule has 0 spiro atoms. The van der Waals surface area contributed by atoms with Crippen LogP contribution < -0.4 is 0 Å². The molecule has 2 rings (SSSR count). The van der Waals surface area contributed by atoms with Crippen LogP contribution in [0.3, 0.4) is 0 Å². The largest absolute Gasteiger partial charge is 0.143 e. The van der Waals surface area contributed by atoms with Gasteiger partial charge in [0.05, 0.1) is 0 Å². The summed E-state index contributed by atoms with van der Waals surface area (Å²) in [5.41, 5.74) is 4.16. The predicted octanol–water partition coefficient (Wildman–Crippen LogP) is 9.43. The Hall–Kier alpha value is -1.52. The van der Waals surface area contributed by atoms with Gasteiger partial charge >= 0.3 is 0 Å². The maximum Gasteiger partial charge on any atom is 0.0396 e. The summed E-state index contributed by atoms with van der Waals surface area (Å²) in [6.45, 7) is 16.2. The minimum Gasteiger partial charge on any atom is -0.143 e. The average molecular weight is 437 g/mol. The Morgan fingerprint density at radius 2 is 1.35 bits per heavy atom. The van der Waals surface area contributed by atoms with Crippen LogP contribution in [0.1, 0.15) is 126 Å². The monoisotopic (exact) mass is 436 g/mol. The van der Waals surface area contributed by atoms with E-state index in [-0.39, 0.29) is 10.8 Å². The molecule has 0 radical (unpaired) electrons. The first-order chi connectivity index (χ1) is 14.7. The van der Waals surface area contributed by atoms with Crippen molar-refractivity contribution in [2.24, 2.45) is 0 Å². The zero-order chi connectivity index (χ0) is 22.9. The van der Waals surface area contributed by atoms with Gasteiger partial charge in [0.1, 0.15) is 0 Å².